The van der Waals surface area contributed by atoms with Crippen molar-refractivity contribution in [2.24, 2.45) is 0 Å². The Morgan fingerprint density at radius 1 is 1.03 bits per heavy atom. The van der Waals surface area contributed by atoms with Gasteiger partial charge in [0.15, 0.2) is 5.69 Å². The highest BCUT2D eigenvalue weighted by Crippen LogP contribution is 2.34. The molecule has 0 bridgehead atoms. The molecule has 7 nitrogen and oxygen atoms in total. The molecular formula is C20H18F4N4O3S. The SMILES string of the molecule is O=C(NCCS(=O)(=O)NCc1ccccc1)c1cnn(-c2ccccc2F)c1C(F)(F)F. The summed E-state index contributed by atoms with van der Waals surface area (Å²) in [5.41, 5.74) is -2.08. The highest BCUT2D eigenvalue weighted by molar-refractivity contribution is 7.89. The summed E-state index contributed by atoms with van der Waals surface area (Å²) in [7, 11) is -3.80. The van der Waals surface area contributed by atoms with Gasteiger partial charge in [0.05, 0.1) is 17.5 Å². The summed E-state index contributed by atoms with van der Waals surface area (Å²) in [5.74, 6) is -2.68. The molecule has 3 aromatic rings. The second-order valence-corrected chi connectivity index (χ2v) is 8.58. The van der Waals surface area contributed by atoms with Crippen LogP contribution in [-0.2, 0) is 22.7 Å². The van der Waals surface area contributed by atoms with E-state index >= 15 is 0 Å². The maximum Gasteiger partial charge on any atom is 0.434 e. The first-order valence-corrected chi connectivity index (χ1v) is 10.9. The van der Waals surface area contributed by atoms with Crippen molar-refractivity contribution < 1.29 is 30.8 Å². The molecule has 1 heterocycles. The van der Waals surface area contributed by atoms with Gasteiger partial charge in [-0.2, -0.15) is 18.3 Å². The van der Waals surface area contributed by atoms with Crippen LogP contribution >= 0.6 is 0 Å². The number of para-hydroxylation sites is 1. The highest BCUT2D eigenvalue weighted by Gasteiger charge is 2.41. The summed E-state index contributed by atoms with van der Waals surface area (Å²) in [4.78, 5) is 12.3. The number of benzene rings is 2. The summed E-state index contributed by atoms with van der Waals surface area (Å²) in [6.45, 7) is -0.407. The Balaban J connectivity index is 1.69. The Hall–Kier alpha value is -3.25. The smallest absolute Gasteiger partial charge is 0.351 e. The fourth-order valence-corrected chi connectivity index (χ4v) is 3.75. The molecular weight excluding hydrogens is 452 g/mol. The van der Waals surface area contributed by atoms with Crippen LogP contribution in [0.5, 0.6) is 0 Å². The van der Waals surface area contributed by atoms with Crippen molar-refractivity contribution in [3.05, 3.63) is 83.4 Å². The van der Waals surface area contributed by atoms with E-state index in [1.807, 2.05) is 0 Å². The van der Waals surface area contributed by atoms with Crippen molar-refractivity contribution >= 4 is 15.9 Å². The molecule has 1 aromatic heterocycles. The van der Waals surface area contributed by atoms with E-state index in [0.29, 0.717) is 10.9 Å². The number of rotatable bonds is 8. The van der Waals surface area contributed by atoms with Crippen LogP contribution in [0.15, 0.2) is 60.8 Å². The lowest BCUT2D eigenvalue weighted by Gasteiger charge is -2.13. The summed E-state index contributed by atoms with van der Waals surface area (Å²) >= 11 is 0. The Morgan fingerprint density at radius 2 is 1.69 bits per heavy atom. The van der Waals surface area contributed by atoms with Crippen molar-refractivity contribution in [2.75, 3.05) is 12.3 Å². The van der Waals surface area contributed by atoms with Crippen LogP contribution in [0, 0.1) is 5.82 Å². The molecule has 0 saturated heterocycles. The average molecular weight is 470 g/mol. The van der Waals surface area contributed by atoms with Crippen LogP contribution in [0.25, 0.3) is 5.69 Å². The third-order valence-electron chi connectivity index (χ3n) is 4.36. The molecule has 0 aliphatic carbocycles. The molecule has 0 atom stereocenters. The van der Waals surface area contributed by atoms with Gasteiger partial charge in [-0.3, -0.25) is 4.79 Å². The lowest BCUT2D eigenvalue weighted by molar-refractivity contribution is -0.143. The molecule has 170 valence electrons. The zero-order chi connectivity index (χ0) is 23.4. The van der Waals surface area contributed by atoms with E-state index in [0.717, 1.165) is 17.7 Å². The standard InChI is InChI=1S/C20H18F4N4O3S/c21-16-8-4-5-9-17(16)28-18(20(22,23)24)15(13-26-28)19(29)25-10-11-32(30,31)27-12-14-6-2-1-3-7-14/h1-9,13,27H,10-12H2,(H,25,29). The number of sulfonamides is 1. The van der Waals surface area contributed by atoms with Crippen LogP contribution in [0.1, 0.15) is 21.6 Å². The Morgan fingerprint density at radius 3 is 2.34 bits per heavy atom. The molecule has 0 radical (unpaired) electrons. The van der Waals surface area contributed by atoms with Crippen molar-refractivity contribution in [3.8, 4) is 5.69 Å². The number of carbonyl (C=O) groups excluding carboxylic acids is 1. The molecule has 2 aromatic carbocycles. The van der Waals surface area contributed by atoms with Crippen LogP contribution in [0.4, 0.5) is 17.6 Å². The number of alkyl halides is 3. The first-order valence-electron chi connectivity index (χ1n) is 9.28. The highest BCUT2D eigenvalue weighted by atomic mass is 32.2. The molecule has 3 rings (SSSR count). The van der Waals surface area contributed by atoms with Gasteiger partial charge in [-0.1, -0.05) is 42.5 Å². The Bertz CT molecular complexity index is 1200. The fourth-order valence-electron chi connectivity index (χ4n) is 2.85. The van der Waals surface area contributed by atoms with Gasteiger partial charge in [0.25, 0.3) is 5.91 Å². The molecule has 0 spiro atoms. The van der Waals surface area contributed by atoms with Gasteiger partial charge in [-0.25, -0.2) is 22.2 Å². The average Bonchev–Trinajstić information content (AvgIpc) is 3.19. The molecule has 12 heteroatoms. The summed E-state index contributed by atoms with van der Waals surface area (Å²) in [6, 6.07) is 13.4. The zero-order valence-electron chi connectivity index (χ0n) is 16.4. The van der Waals surface area contributed by atoms with E-state index in [-0.39, 0.29) is 6.54 Å². The van der Waals surface area contributed by atoms with E-state index in [1.165, 1.54) is 12.1 Å². The van der Waals surface area contributed by atoms with Crippen LogP contribution in [0.3, 0.4) is 0 Å². The van der Waals surface area contributed by atoms with E-state index < -0.39 is 57.2 Å². The van der Waals surface area contributed by atoms with Gasteiger partial charge < -0.3 is 5.32 Å². The minimum Gasteiger partial charge on any atom is -0.351 e. The number of carbonyl (C=O) groups is 1. The van der Waals surface area contributed by atoms with Gasteiger partial charge in [0.2, 0.25) is 10.0 Å². The number of amides is 1. The molecule has 2 N–H and O–H groups in total. The normalized spacial score (nSPS) is 12.0. The summed E-state index contributed by atoms with van der Waals surface area (Å²) < 4.78 is 81.6. The van der Waals surface area contributed by atoms with Crippen LogP contribution < -0.4 is 10.0 Å². The number of nitrogens with zero attached hydrogens (tertiary/aromatic N) is 2. The summed E-state index contributed by atoms with van der Waals surface area (Å²) in [6.07, 6.45) is -4.36. The number of hydrogen-bond donors (Lipinski definition) is 2. The van der Waals surface area contributed by atoms with E-state index in [2.05, 4.69) is 15.1 Å². The first-order chi connectivity index (χ1) is 15.1. The molecule has 0 aliphatic rings. The van der Waals surface area contributed by atoms with Gasteiger partial charge in [0, 0.05) is 13.1 Å². The number of nitrogens with one attached hydrogen (secondary N) is 2. The van der Waals surface area contributed by atoms with Gasteiger partial charge in [0.1, 0.15) is 11.5 Å². The molecule has 0 saturated carbocycles. The third-order valence-corrected chi connectivity index (χ3v) is 5.68. The first kappa shape index (κ1) is 23.4. The van der Waals surface area contributed by atoms with Gasteiger partial charge >= 0.3 is 6.18 Å². The third kappa shape index (κ3) is 5.71. The molecule has 0 fully saturated rings. The Labute approximate surface area is 181 Å². The van der Waals surface area contributed by atoms with Crippen molar-refractivity contribution in [1.82, 2.24) is 19.8 Å². The lowest BCUT2D eigenvalue weighted by Crippen LogP contribution is -2.35. The maximum atomic E-state index is 14.0. The second-order valence-electron chi connectivity index (χ2n) is 6.65. The lowest BCUT2D eigenvalue weighted by atomic mass is 10.2. The van der Waals surface area contributed by atoms with Crippen molar-refractivity contribution in [3.63, 3.8) is 0 Å². The number of hydrogen-bond acceptors (Lipinski definition) is 4. The van der Waals surface area contributed by atoms with Crippen LogP contribution in [0.2, 0.25) is 0 Å². The number of aromatic nitrogens is 2. The molecule has 32 heavy (non-hydrogen) atoms. The monoisotopic (exact) mass is 470 g/mol. The minimum atomic E-state index is -5.02. The predicted octanol–water partition coefficient (Wildman–Crippen LogP) is 2.88. The van der Waals surface area contributed by atoms with Crippen molar-refractivity contribution in [1.29, 1.82) is 0 Å². The number of halogens is 4. The molecule has 0 unspecified atom stereocenters. The van der Waals surface area contributed by atoms with Gasteiger partial charge in [-0.15, -0.1) is 0 Å². The largest absolute Gasteiger partial charge is 0.434 e. The van der Waals surface area contributed by atoms with Gasteiger partial charge in [-0.05, 0) is 17.7 Å². The maximum absolute atomic E-state index is 14.0. The quantitative estimate of drug-likeness (QED) is 0.495. The van der Waals surface area contributed by atoms with E-state index in [9.17, 15) is 30.8 Å². The van der Waals surface area contributed by atoms with E-state index in [4.69, 9.17) is 0 Å². The zero-order valence-corrected chi connectivity index (χ0v) is 17.3. The summed E-state index contributed by atoms with van der Waals surface area (Å²) in [5, 5.41) is 5.66. The van der Waals surface area contributed by atoms with Crippen LogP contribution in [-0.4, -0.2) is 36.4 Å². The topological polar surface area (TPSA) is 93.1 Å². The minimum absolute atomic E-state index is 0.0325. The van der Waals surface area contributed by atoms with E-state index in [1.54, 1.807) is 30.3 Å². The fraction of sp³-hybridized carbons (Fsp3) is 0.200. The predicted molar refractivity (Wildman–Crippen MR) is 108 cm³/mol. The molecule has 0 aliphatic heterocycles. The Kier molecular flexibility index (Phi) is 6.94. The molecule has 1 amide bonds. The second kappa shape index (κ2) is 9.49. The van der Waals surface area contributed by atoms with Crippen molar-refractivity contribution in [2.45, 2.75) is 12.7 Å².